The van der Waals surface area contributed by atoms with Crippen LogP contribution in [0.2, 0.25) is 0 Å². The van der Waals surface area contributed by atoms with Gasteiger partial charge >= 0.3 is 5.97 Å². The van der Waals surface area contributed by atoms with Crippen LogP contribution in [0.25, 0.3) is 0 Å². The number of ether oxygens (including phenoxy) is 2. The molecule has 1 aromatic rings. The van der Waals surface area contributed by atoms with E-state index in [0.29, 0.717) is 31.4 Å². The predicted molar refractivity (Wildman–Crippen MR) is 147 cm³/mol. The Balaban J connectivity index is 0.985. The second kappa shape index (κ2) is 12.8. The number of carbonyl (C=O) groups is 2. The number of hydrogen-bond donors (Lipinski definition) is 1. The summed E-state index contributed by atoms with van der Waals surface area (Å²) in [5.41, 5.74) is 1.26. The molecule has 208 valence electrons. The number of hydrogen-bond acceptors (Lipinski definition) is 8. The minimum atomic E-state index is -0.453. The zero-order valence-corrected chi connectivity index (χ0v) is 23.1. The van der Waals surface area contributed by atoms with Crippen molar-refractivity contribution in [3.05, 3.63) is 34.7 Å². The van der Waals surface area contributed by atoms with Gasteiger partial charge in [-0.25, -0.2) is 0 Å². The van der Waals surface area contributed by atoms with Crippen LogP contribution in [0.15, 0.2) is 28.8 Å². The number of likely N-dealkylation sites (tertiary alicyclic amines) is 1. The largest absolute Gasteiger partial charge is 0.494 e. The molecule has 1 saturated heterocycles. The van der Waals surface area contributed by atoms with Crippen molar-refractivity contribution >= 4 is 23.8 Å². The topological polar surface area (TPSA) is 97.3 Å². The van der Waals surface area contributed by atoms with Crippen LogP contribution in [0.5, 0.6) is 5.75 Å². The van der Waals surface area contributed by atoms with Gasteiger partial charge in [-0.2, -0.15) is 0 Å². The Labute approximate surface area is 230 Å². The van der Waals surface area contributed by atoms with Gasteiger partial charge in [0.25, 0.3) is 5.91 Å². The van der Waals surface area contributed by atoms with E-state index >= 15 is 0 Å². The van der Waals surface area contributed by atoms with E-state index in [1.807, 2.05) is 12.1 Å². The lowest BCUT2D eigenvalue weighted by atomic mass is 9.51. The van der Waals surface area contributed by atoms with E-state index in [1.165, 1.54) is 31.2 Å². The number of nitroso groups, excluding NO2 is 1. The van der Waals surface area contributed by atoms with E-state index in [2.05, 4.69) is 26.9 Å². The van der Waals surface area contributed by atoms with Crippen LogP contribution in [0.3, 0.4) is 0 Å². The molecule has 1 N–H and O–H groups in total. The molecule has 1 amide bonds. The Morgan fingerprint density at radius 3 is 2.50 bits per heavy atom. The highest BCUT2D eigenvalue weighted by Gasteiger charge is 2.59. The maximum absolute atomic E-state index is 12.7. The summed E-state index contributed by atoms with van der Waals surface area (Å²) in [5.74, 6) is 2.26. The molecule has 1 aliphatic heterocycles. The van der Waals surface area contributed by atoms with Crippen LogP contribution in [-0.4, -0.2) is 54.4 Å². The van der Waals surface area contributed by atoms with E-state index in [-0.39, 0.29) is 18.9 Å². The minimum Gasteiger partial charge on any atom is -0.494 e. The molecule has 1 aromatic carbocycles. The normalized spacial score (nSPS) is 30.1. The van der Waals surface area contributed by atoms with Crippen molar-refractivity contribution in [2.45, 2.75) is 75.5 Å². The lowest BCUT2D eigenvalue weighted by Gasteiger charge is -2.59. The number of nitrogens with one attached hydrogen (secondary N) is 1. The lowest BCUT2D eigenvalue weighted by molar-refractivity contribution is -0.151. The number of carbonyl (C=O) groups excluding carboxylic acids is 2. The fourth-order valence-corrected chi connectivity index (χ4v) is 8.60. The Morgan fingerprint density at radius 2 is 1.79 bits per heavy atom. The maximum Gasteiger partial charge on any atom is 0.307 e. The van der Waals surface area contributed by atoms with Gasteiger partial charge in [0.2, 0.25) is 0 Å². The molecule has 0 spiro atoms. The molecule has 4 saturated carbocycles. The highest BCUT2D eigenvalue weighted by atomic mass is 32.2. The average Bonchev–Trinajstić information content (AvgIpc) is 2.91. The monoisotopic (exact) mass is 543 g/mol. The van der Waals surface area contributed by atoms with Crippen molar-refractivity contribution in [3.8, 4) is 5.75 Å². The number of rotatable bonds is 13. The van der Waals surface area contributed by atoms with Crippen molar-refractivity contribution in [1.29, 1.82) is 0 Å². The standard InChI is InChI=1S/C29H41N3O5S/c33-27(30-8-5-11-36-26-7-4-6-21(17-26)19-32-9-2-1-3-10-32)20-37-28(34)18-29(38-31-35)24-13-22-12-23(15-24)16-25(29)14-22/h4,6-7,17,22-25H,1-3,5,8-16,18-20H2,(H,30,33). The van der Waals surface area contributed by atoms with Gasteiger partial charge in [0, 0.05) is 29.6 Å². The first-order valence-corrected chi connectivity index (χ1v) is 15.2. The molecule has 8 nitrogen and oxygen atoms in total. The van der Waals surface area contributed by atoms with Crippen LogP contribution in [0.1, 0.15) is 69.8 Å². The average molecular weight is 544 g/mol. The molecule has 0 unspecified atom stereocenters. The molecule has 9 heteroatoms. The third-order valence-corrected chi connectivity index (χ3v) is 10.4. The van der Waals surface area contributed by atoms with Crippen LogP contribution in [0, 0.1) is 28.6 Å². The third-order valence-electron chi connectivity index (χ3n) is 9.18. The van der Waals surface area contributed by atoms with Gasteiger partial charge in [0.1, 0.15) is 5.75 Å². The molecular formula is C29H41N3O5S. The van der Waals surface area contributed by atoms with Crippen LogP contribution in [0.4, 0.5) is 0 Å². The summed E-state index contributed by atoms with van der Waals surface area (Å²) in [6, 6.07) is 8.23. The Hall–Kier alpha value is -2.13. The second-order valence-electron chi connectivity index (χ2n) is 11.8. The third kappa shape index (κ3) is 6.71. The fraction of sp³-hybridized carbons (Fsp3) is 0.724. The van der Waals surface area contributed by atoms with Crippen molar-refractivity contribution in [3.63, 3.8) is 0 Å². The van der Waals surface area contributed by atoms with Crippen LogP contribution < -0.4 is 10.1 Å². The van der Waals surface area contributed by atoms with Crippen LogP contribution in [-0.2, 0) is 20.9 Å². The Kier molecular flexibility index (Phi) is 9.25. The number of piperidine rings is 1. The quantitative estimate of drug-likeness (QED) is 0.160. The summed E-state index contributed by atoms with van der Waals surface area (Å²) >= 11 is 1.06. The predicted octanol–water partition coefficient (Wildman–Crippen LogP) is 5.10. The van der Waals surface area contributed by atoms with Crippen molar-refractivity contribution < 1.29 is 19.1 Å². The first-order chi connectivity index (χ1) is 18.5. The number of amides is 1. The van der Waals surface area contributed by atoms with Crippen molar-refractivity contribution in [2.24, 2.45) is 28.3 Å². The van der Waals surface area contributed by atoms with Gasteiger partial charge in [-0.15, -0.1) is 4.91 Å². The van der Waals surface area contributed by atoms with Gasteiger partial charge in [0.05, 0.1) is 17.8 Å². The summed E-state index contributed by atoms with van der Waals surface area (Å²) in [6.07, 6.45) is 10.3. The van der Waals surface area contributed by atoms with E-state index in [0.717, 1.165) is 74.9 Å². The van der Waals surface area contributed by atoms with Gasteiger partial charge in [-0.05, 0) is 106 Å². The van der Waals surface area contributed by atoms with Gasteiger partial charge in [-0.3, -0.25) is 14.5 Å². The molecule has 5 fully saturated rings. The first-order valence-electron chi connectivity index (χ1n) is 14.4. The molecule has 6 rings (SSSR count). The Morgan fingerprint density at radius 1 is 1.05 bits per heavy atom. The lowest BCUT2D eigenvalue weighted by Crippen LogP contribution is -2.56. The molecule has 0 atom stereocenters. The highest BCUT2D eigenvalue weighted by Crippen LogP contribution is 2.64. The summed E-state index contributed by atoms with van der Waals surface area (Å²) < 4.78 is 14.0. The minimum absolute atomic E-state index is 0.163. The summed E-state index contributed by atoms with van der Waals surface area (Å²) in [5, 5.41) is 2.80. The Bertz CT molecular complexity index is 955. The molecule has 38 heavy (non-hydrogen) atoms. The summed E-state index contributed by atoms with van der Waals surface area (Å²) in [4.78, 5) is 38.8. The molecule has 0 aromatic heterocycles. The maximum atomic E-state index is 12.7. The zero-order chi connectivity index (χ0) is 26.4. The number of benzene rings is 1. The SMILES string of the molecule is O=NSC1(CC(=O)OCC(=O)NCCCOc2cccc(CN3CCCCC3)c2)C2CC3CC(C2)CC1C3. The van der Waals surface area contributed by atoms with Crippen molar-refractivity contribution in [1.82, 2.24) is 10.2 Å². The number of esters is 1. The highest BCUT2D eigenvalue weighted by molar-refractivity contribution is 7.99. The van der Waals surface area contributed by atoms with Crippen molar-refractivity contribution in [2.75, 3.05) is 32.8 Å². The molecular weight excluding hydrogens is 502 g/mol. The van der Waals surface area contributed by atoms with E-state index in [1.54, 1.807) is 0 Å². The van der Waals surface area contributed by atoms with Gasteiger partial charge in [-0.1, -0.05) is 18.6 Å². The molecule has 5 aliphatic rings. The zero-order valence-electron chi connectivity index (χ0n) is 22.3. The molecule has 1 heterocycles. The van der Waals surface area contributed by atoms with E-state index < -0.39 is 10.7 Å². The smallest absolute Gasteiger partial charge is 0.307 e. The molecule has 0 radical (unpaired) electrons. The molecule has 4 bridgehead atoms. The van der Waals surface area contributed by atoms with E-state index in [9.17, 15) is 14.5 Å². The fourth-order valence-electron chi connectivity index (χ4n) is 7.59. The van der Waals surface area contributed by atoms with Gasteiger partial charge < -0.3 is 14.8 Å². The summed E-state index contributed by atoms with van der Waals surface area (Å²) in [7, 11) is 0. The van der Waals surface area contributed by atoms with Gasteiger partial charge in [0.15, 0.2) is 6.61 Å². The van der Waals surface area contributed by atoms with Crippen LogP contribution >= 0.6 is 11.9 Å². The summed E-state index contributed by atoms with van der Waals surface area (Å²) in [6.45, 7) is 3.94. The van der Waals surface area contributed by atoms with E-state index in [4.69, 9.17) is 9.47 Å². The number of nitrogens with zero attached hydrogens (tertiary/aromatic N) is 2. The first kappa shape index (κ1) is 27.4. The molecule has 4 aliphatic carbocycles. The second-order valence-corrected chi connectivity index (χ2v) is 12.9.